The van der Waals surface area contributed by atoms with Gasteiger partial charge in [-0.05, 0) is 37.8 Å². The predicted molar refractivity (Wildman–Crippen MR) is 105 cm³/mol. The topological polar surface area (TPSA) is 86.0 Å². The van der Waals surface area contributed by atoms with Gasteiger partial charge >= 0.3 is 6.18 Å². The van der Waals surface area contributed by atoms with Crippen molar-refractivity contribution in [1.82, 2.24) is 29.9 Å². The molecule has 11 heteroatoms. The minimum atomic E-state index is -4.56. The second kappa shape index (κ2) is 7.57. The number of fused-ring (bicyclic) bond motifs is 2. The molecule has 166 valence electrons. The summed E-state index contributed by atoms with van der Waals surface area (Å²) in [5.41, 5.74) is -0.0354. The van der Waals surface area contributed by atoms with Crippen LogP contribution >= 0.6 is 0 Å². The number of carbonyl (C=O) groups excluding carboxylic acids is 1. The van der Waals surface area contributed by atoms with Crippen LogP contribution in [-0.2, 0) is 6.18 Å². The van der Waals surface area contributed by atoms with E-state index in [4.69, 9.17) is 4.74 Å². The van der Waals surface area contributed by atoms with Gasteiger partial charge in [0.2, 0.25) is 5.88 Å². The number of alkyl halides is 3. The molecule has 2 bridgehead atoms. The molecule has 4 atom stereocenters. The molecule has 2 aliphatic rings. The Morgan fingerprint density at radius 3 is 2.50 bits per heavy atom. The first kappa shape index (κ1) is 20.4. The van der Waals surface area contributed by atoms with Crippen molar-refractivity contribution in [1.29, 1.82) is 0 Å². The van der Waals surface area contributed by atoms with Crippen LogP contribution in [0.15, 0.2) is 49.1 Å². The summed E-state index contributed by atoms with van der Waals surface area (Å²) in [6, 6.07) is 6.89. The van der Waals surface area contributed by atoms with Crippen LogP contribution in [-0.4, -0.2) is 54.0 Å². The molecule has 0 spiro atoms. The number of amides is 1. The monoisotopic (exact) mass is 444 g/mol. The van der Waals surface area contributed by atoms with Crippen LogP contribution in [0.4, 0.5) is 13.2 Å². The van der Waals surface area contributed by atoms with Gasteiger partial charge in [0.15, 0.2) is 5.69 Å². The maximum Gasteiger partial charge on any atom is 0.434 e. The van der Waals surface area contributed by atoms with Gasteiger partial charge in [0.05, 0.1) is 42.1 Å². The number of hydrogen-bond acceptors (Lipinski definition) is 6. The second-order valence-electron chi connectivity index (χ2n) is 7.98. The third-order valence-corrected chi connectivity index (χ3v) is 6.18. The third-order valence-electron chi connectivity index (χ3n) is 6.18. The summed E-state index contributed by atoms with van der Waals surface area (Å²) >= 11 is 0. The standard InChI is InChI=1S/C21H19F3N6O2/c1-12-13-8-16(17(9-13)32-19-11-25-18(10-26-19)21(22,23)24)29(12)20(31)14-4-2-3-5-15(14)30-27-6-7-28-30/h2-7,10-13,16-17H,8-9H2,1H3/t12?,13?,16-,17+/m0/s1. The van der Waals surface area contributed by atoms with Crippen molar-refractivity contribution in [2.24, 2.45) is 5.92 Å². The van der Waals surface area contributed by atoms with E-state index in [1.807, 2.05) is 13.0 Å². The van der Waals surface area contributed by atoms with E-state index in [0.717, 1.165) is 12.6 Å². The molecule has 0 N–H and O–H groups in total. The Hall–Kier alpha value is -3.50. The Kier molecular flexibility index (Phi) is 4.83. The van der Waals surface area contributed by atoms with Crippen molar-refractivity contribution in [3.8, 4) is 11.6 Å². The van der Waals surface area contributed by atoms with Gasteiger partial charge in [-0.1, -0.05) is 12.1 Å². The average Bonchev–Trinajstić information content (AvgIpc) is 3.50. The van der Waals surface area contributed by atoms with Crippen molar-refractivity contribution < 1.29 is 22.7 Å². The van der Waals surface area contributed by atoms with Crippen LogP contribution in [0.25, 0.3) is 5.69 Å². The molecular formula is C21H19F3N6O2. The van der Waals surface area contributed by atoms with Crippen molar-refractivity contribution in [3.63, 3.8) is 0 Å². The molecule has 5 rings (SSSR count). The van der Waals surface area contributed by atoms with Crippen LogP contribution in [0.2, 0.25) is 0 Å². The molecule has 1 saturated carbocycles. The highest BCUT2D eigenvalue weighted by atomic mass is 19.4. The lowest BCUT2D eigenvalue weighted by molar-refractivity contribution is -0.141. The fourth-order valence-electron chi connectivity index (χ4n) is 4.68. The molecule has 8 nitrogen and oxygen atoms in total. The summed E-state index contributed by atoms with van der Waals surface area (Å²) in [5.74, 6) is 0.0767. The van der Waals surface area contributed by atoms with Crippen molar-refractivity contribution in [2.75, 3.05) is 0 Å². The van der Waals surface area contributed by atoms with E-state index in [9.17, 15) is 18.0 Å². The zero-order valence-electron chi connectivity index (χ0n) is 17.0. The van der Waals surface area contributed by atoms with Gasteiger partial charge in [-0.3, -0.25) is 4.79 Å². The van der Waals surface area contributed by atoms with Crippen molar-refractivity contribution in [2.45, 2.75) is 44.1 Å². The highest BCUT2D eigenvalue weighted by molar-refractivity contribution is 5.98. The number of aromatic nitrogens is 5. The summed E-state index contributed by atoms with van der Waals surface area (Å²) < 4.78 is 44.1. The van der Waals surface area contributed by atoms with E-state index in [-0.39, 0.29) is 35.9 Å². The Labute approximate surface area is 181 Å². The van der Waals surface area contributed by atoms with E-state index in [1.54, 1.807) is 23.1 Å². The lowest BCUT2D eigenvalue weighted by Crippen LogP contribution is -2.51. The van der Waals surface area contributed by atoms with Gasteiger partial charge in [0.1, 0.15) is 6.10 Å². The number of likely N-dealkylation sites (tertiary alicyclic amines) is 1. The summed E-state index contributed by atoms with van der Waals surface area (Å²) in [6.07, 6.45) is 1.22. The first-order chi connectivity index (χ1) is 15.3. The molecule has 3 heterocycles. The summed E-state index contributed by atoms with van der Waals surface area (Å²) in [5, 5.41) is 8.27. The molecule has 1 amide bonds. The number of benzene rings is 1. The maximum atomic E-state index is 13.6. The largest absolute Gasteiger partial charge is 0.471 e. The first-order valence-corrected chi connectivity index (χ1v) is 10.2. The summed E-state index contributed by atoms with van der Waals surface area (Å²) in [6.45, 7) is 2.01. The Bertz CT molecular complexity index is 1120. The van der Waals surface area contributed by atoms with Crippen molar-refractivity contribution >= 4 is 5.91 Å². The van der Waals surface area contributed by atoms with Gasteiger partial charge in [-0.2, -0.15) is 28.2 Å². The zero-order chi connectivity index (χ0) is 22.5. The van der Waals surface area contributed by atoms with Gasteiger partial charge < -0.3 is 9.64 Å². The molecule has 1 aromatic carbocycles. The number of nitrogens with zero attached hydrogens (tertiary/aromatic N) is 6. The van der Waals surface area contributed by atoms with Gasteiger partial charge in [0.25, 0.3) is 5.91 Å². The number of carbonyl (C=O) groups is 1. The van der Waals surface area contributed by atoms with Gasteiger partial charge in [-0.25, -0.2) is 9.97 Å². The predicted octanol–water partition coefficient (Wildman–Crippen LogP) is 3.15. The Morgan fingerprint density at radius 1 is 1.09 bits per heavy atom. The van der Waals surface area contributed by atoms with Crippen LogP contribution in [0, 0.1) is 5.92 Å². The van der Waals surface area contributed by atoms with Crippen LogP contribution in [0.5, 0.6) is 5.88 Å². The van der Waals surface area contributed by atoms with Crippen LogP contribution < -0.4 is 4.74 Å². The fraction of sp³-hybridized carbons (Fsp3) is 0.381. The lowest BCUT2D eigenvalue weighted by Gasteiger charge is -2.37. The minimum absolute atomic E-state index is 0.00433. The number of piperidine rings is 1. The SMILES string of the molecule is CC1C2C[C@@H](Oc3cnc(C(F)(F)F)cn3)[C@H](C2)N1C(=O)c1ccccc1-n1nccn1. The van der Waals surface area contributed by atoms with Crippen LogP contribution in [0.1, 0.15) is 35.8 Å². The van der Waals surface area contributed by atoms with Crippen LogP contribution in [0.3, 0.4) is 0 Å². The molecule has 32 heavy (non-hydrogen) atoms. The molecule has 2 fully saturated rings. The summed E-state index contributed by atoms with van der Waals surface area (Å²) in [4.78, 5) is 23.9. The van der Waals surface area contributed by atoms with E-state index in [0.29, 0.717) is 23.9 Å². The number of hydrogen-bond donors (Lipinski definition) is 0. The number of ether oxygens (including phenoxy) is 1. The van der Waals surface area contributed by atoms with E-state index in [1.165, 1.54) is 17.2 Å². The van der Waals surface area contributed by atoms with Gasteiger partial charge in [0, 0.05) is 6.04 Å². The van der Waals surface area contributed by atoms with Crippen molar-refractivity contribution in [3.05, 3.63) is 60.3 Å². The third kappa shape index (κ3) is 3.47. The zero-order valence-corrected chi connectivity index (χ0v) is 17.0. The quantitative estimate of drug-likeness (QED) is 0.615. The highest BCUT2D eigenvalue weighted by Gasteiger charge is 2.53. The minimum Gasteiger partial charge on any atom is -0.471 e. The number of rotatable bonds is 4. The molecule has 2 aromatic heterocycles. The van der Waals surface area contributed by atoms with E-state index >= 15 is 0 Å². The van der Waals surface area contributed by atoms with E-state index < -0.39 is 11.9 Å². The number of para-hydroxylation sites is 1. The second-order valence-corrected chi connectivity index (χ2v) is 7.98. The molecule has 1 saturated heterocycles. The lowest BCUT2D eigenvalue weighted by atomic mass is 9.98. The molecule has 2 unspecified atom stereocenters. The molecular weight excluding hydrogens is 425 g/mol. The molecule has 1 aliphatic heterocycles. The van der Waals surface area contributed by atoms with Gasteiger partial charge in [-0.15, -0.1) is 0 Å². The normalized spacial score (nSPS) is 24.7. The first-order valence-electron chi connectivity index (χ1n) is 10.2. The highest BCUT2D eigenvalue weighted by Crippen LogP contribution is 2.44. The Morgan fingerprint density at radius 2 is 1.84 bits per heavy atom. The molecule has 1 aliphatic carbocycles. The van der Waals surface area contributed by atoms with E-state index in [2.05, 4.69) is 20.2 Å². The number of halogens is 3. The maximum absolute atomic E-state index is 13.6. The molecule has 3 aromatic rings. The average molecular weight is 444 g/mol. The Balaban J connectivity index is 1.38. The summed E-state index contributed by atoms with van der Waals surface area (Å²) in [7, 11) is 0. The smallest absolute Gasteiger partial charge is 0.434 e. The fourth-order valence-corrected chi connectivity index (χ4v) is 4.68. The molecule has 0 radical (unpaired) electrons.